The molecule has 0 radical (unpaired) electrons. The third-order valence-electron chi connectivity index (χ3n) is 2.83. The molecule has 2 aromatic rings. The van der Waals surface area contributed by atoms with Gasteiger partial charge in [-0.2, -0.15) is 0 Å². The first kappa shape index (κ1) is 13.1. The SMILES string of the molecule is Cc1ccc(Oc2cccc(Br)c2CN)c(C)c1. The predicted octanol–water partition coefficient (Wildman–Crippen LogP) is 4.32. The van der Waals surface area contributed by atoms with Crippen molar-refractivity contribution in [1.29, 1.82) is 0 Å². The number of ether oxygens (including phenoxy) is 1. The van der Waals surface area contributed by atoms with Crippen LogP contribution in [0.2, 0.25) is 0 Å². The van der Waals surface area contributed by atoms with Crippen LogP contribution < -0.4 is 10.5 Å². The van der Waals surface area contributed by atoms with E-state index in [1.807, 2.05) is 37.3 Å². The van der Waals surface area contributed by atoms with Crippen LogP contribution in [-0.2, 0) is 6.54 Å². The van der Waals surface area contributed by atoms with Gasteiger partial charge in [0.25, 0.3) is 0 Å². The third-order valence-corrected chi connectivity index (χ3v) is 3.57. The minimum Gasteiger partial charge on any atom is -0.457 e. The number of hydrogen-bond donors (Lipinski definition) is 1. The van der Waals surface area contributed by atoms with Gasteiger partial charge in [0.1, 0.15) is 11.5 Å². The Hall–Kier alpha value is -1.32. The maximum atomic E-state index is 5.96. The second-order valence-electron chi connectivity index (χ2n) is 4.29. The summed E-state index contributed by atoms with van der Waals surface area (Å²) in [5.74, 6) is 1.67. The van der Waals surface area contributed by atoms with Gasteiger partial charge in [0.2, 0.25) is 0 Å². The molecule has 2 N–H and O–H groups in total. The van der Waals surface area contributed by atoms with Crippen LogP contribution in [0.4, 0.5) is 0 Å². The summed E-state index contributed by atoms with van der Waals surface area (Å²) >= 11 is 3.49. The van der Waals surface area contributed by atoms with Crippen LogP contribution >= 0.6 is 15.9 Å². The monoisotopic (exact) mass is 305 g/mol. The van der Waals surface area contributed by atoms with Crippen molar-refractivity contribution in [3.63, 3.8) is 0 Å². The molecule has 0 atom stereocenters. The number of hydrogen-bond acceptors (Lipinski definition) is 2. The highest BCUT2D eigenvalue weighted by molar-refractivity contribution is 9.10. The fraction of sp³-hybridized carbons (Fsp3) is 0.200. The van der Waals surface area contributed by atoms with Crippen LogP contribution in [0.25, 0.3) is 0 Å². The number of halogens is 1. The third kappa shape index (κ3) is 2.74. The summed E-state index contributed by atoms with van der Waals surface area (Å²) in [5, 5.41) is 0. The first-order chi connectivity index (χ1) is 8.61. The van der Waals surface area contributed by atoms with Crippen molar-refractivity contribution in [2.45, 2.75) is 20.4 Å². The van der Waals surface area contributed by atoms with Gasteiger partial charge in [0.15, 0.2) is 0 Å². The van der Waals surface area contributed by atoms with Crippen LogP contribution in [0.15, 0.2) is 40.9 Å². The Morgan fingerprint density at radius 1 is 1.11 bits per heavy atom. The smallest absolute Gasteiger partial charge is 0.133 e. The Morgan fingerprint density at radius 3 is 2.56 bits per heavy atom. The Balaban J connectivity index is 2.37. The lowest BCUT2D eigenvalue weighted by Gasteiger charge is -2.13. The van der Waals surface area contributed by atoms with Gasteiger partial charge in [-0.3, -0.25) is 0 Å². The lowest BCUT2D eigenvalue weighted by Crippen LogP contribution is -2.01. The van der Waals surface area contributed by atoms with Gasteiger partial charge in [-0.05, 0) is 37.6 Å². The molecule has 0 aliphatic carbocycles. The number of nitrogens with two attached hydrogens (primary N) is 1. The highest BCUT2D eigenvalue weighted by Crippen LogP contribution is 2.32. The van der Waals surface area contributed by atoms with Gasteiger partial charge in [0, 0.05) is 16.6 Å². The molecule has 0 amide bonds. The summed E-state index contributed by atoms with van der Waals surface area (Å²) in [6.07, 6.45) is 0. The molecule has 0 aromatic heterocycles. The van der Waals surface area contributed by atoms with Crippen molar-refractivity contribution in [1.82, 2.24) is 0 Å². The summed E-state index contributed by atoms with van der Waals surface area (Å²) in [6, 6.07) is 12.0. The van der Waals surface area contributed by atoms with Crippen LogP contribution in [-0.4, -0.2) is 0 Å². The Morgan fingerprint density at radius 2 is 1.89 bits per heavy atom. The van der Waals surface area contributed by atoms with Gasteiger partial charge in [0.05, 0.1) is 0 Å². The van der Waals surface area contributed by atoms with Gasteiger partial charge in [-0.15, -0.1) is 0 Å². The van der Waals surface area contributed by atoms with Gasteiger partial charge in [-0.1, -0.05) is 39.7 Å². The second kappa shape index (κ2) is 5.55. The lowest BCUT2D eigenvalue weighted by molar-refractivity contribution is 0.472. The minimum atomic E-state index is 0.446. The van der Waals surface area contributed by atoms with Crippen molar-refractivity contribution >= 4 is 15.9 Å². The van der Waals surface area contributed by atoms with Gasteiger partial charge >= 0.3 is 0 Å². The molecule has 0 fully saturated rings. The Kier molecular flexibility index (Phi) is 4.04. The molecule has 0 unspecified atom stereocenters. The van der Waals surface area contributed by atoms with Crippen molar-refractivity contribution in [3.8, 4) is 11.5 Å². The van der Waals surface area contributed by atoms with E-state index in [9.17, 15) is 0 Å². The lowest BCUT2D eigenvalue weighted by atomic mass is 10.1. The molecule has 0 aliphatic rings. The maximum absolute atomic E-state index is 5.96. The molecule has 2 nitrogen and oxygen atoms in total. The van der Waals surface area contributed by atoms with Gasteiger partial charge in [-0.25, -0.2) is 0 Å². The largest absolute Gasteiger partial charge is 0.457 e. The Labute approximate surface area is 116 Å². The molecule has 3 heteroatoms. The topological polar surface area (TPSA) is 35.2 Å². The summed E-state index contributed by atoms with van der Waals surface area (Å²) in [6.45, 7) is 4.56. The molecule has 0 spiro atoms. The fourth-order valence-corrected chi connectivity index (χ4v) is 2.37. The van der Waals surface area contributed by atoms with E-state index < -0.39 is 0 Å². The highest BCUT2D eigenvalue weighted by atomic mass is 79.9. The number of aryl methyl sites for hydroxylation is 2. The fourth-order valence-electron chi connectivity index (χ4n) is 1.86. The molecule has 0 heterocycles. The quantitative estimate of drug-likeness (QED) is 0.916. The minimum absolute atomic E-state index is 0.446. The van der Waals surface area contributed by atoms with E-state index in [1.54, 1.807) is 0 Å². The maximum Gasteiger partial charge on any atom is 0.133 e. The van der Waals surface area contributed by atoms with Crippen molar-refractivity contribution in [3.05, 3.63) is 57.6 Å². The molecule has 18 heavy (non-hydrogen) atoms. The first-order valence-corrected chi connectivity index (χ1v) is 6.63. The molecule has 2 rings (SSSR count). The standard InChI is InChI=1S/C15H16BrNO/c1-10-6-7-14(11(2)8-10)18-15-5-3-4-13(16)12(15)9-17/h3-8H,9,17H2,1-2H3. The van der Waals surface area contributed by atoms with Crippen molar-refractivity contribution in [2.75, 3.05) is 0 Å². The van der Waals surface area contributed by atoms with Gasteiger partial charge < -0.3 is 10.5 Å². The summed E-state index contributed by atoms with van der Waals surface area (Å²) in [7, 11) is 0. The zero-order valence-corrected chi connectivity index (χ0v) is 12.1. The average Bonchev–Trinajstić information content (AvgIpc) is 2.33. The molecular weight excluding hydrogens is 290 g/mol. The second-order valence-corrected chi connectivity index (χ2v) is 5.15. The summed E-state index contributed by atoms with van der Waals surface area (Å²) in [5.41, 5.74) is 9.09. The molecule has 0 aliphatic heterocycles. The summed E-state index contributed by atoms with van der Waals surface area (Å²) < 4.78 is 6.94. The van der Waals surface area contributed by atoms with E-state index in [0.717, 1.165) is 27.1 Å². The van der Waals surface area contributed by atoms with Crippen LogP contribution in [0, 0.1) is 13.8 Å². The van der Waals surface area contributed by atoms with E-state index in [1.165, 1.54) is 5.56 Å². The molecule has 0 saturated heterocycles. The highest BCUT2D eigenvalue weighted by Gasteiger charge is 2.08. The van der Waals surface area contributed by atoms with Crippen LogP contribution in [0.5, 0.6) is 11.5 Å². The van der Waals surface area contributed by atoms with E-state index in [0.29, 0.717) is 6.54 Å². The van der Waals surface area contributed by atoms with Crippen molar-refractivity contribution in [2.24, 2.45) is 5.73 Å². The number of rotatable bonds is 3. The van der Waals surface area contributed by atoms with Crippen LogP contribution in [0.1, 0.15) is 16.7 Å². The molecule has 0 bridgehead atoms. The zero-order chi connectivity index (χ0) is 13.1. The van der Waals surface area contributed by atoms with E-state index in [2.05, 4.69) is 28.9 Å². The van der Waals surface area contributed by atoms with E-state index in [4.69, 9.17) is 10.5 Å². The molecular formula is C15H16BrNO. The summed E-state index contributed by atoms with van der Waals surface area (Å²) in [4.78, 5) is 0. The van der Waals surface area contributed by atoms with E-state index in [-0.39, 0.29) is 0 Å². The first-order valence-electron chi connectivity index (χ1n) is 5.84. The molecule has 94 valence electrons. The van der Waals surface area contributed by atoms with Crippen molar-refractivity contribution < 1.29 is 4.74 Å². The average molecular weight is 306 g/mol. The Bertz CT molecular complexity index is 566. The van der Waals surface area contributed by atoms with E-state index >= 15 is 0 Å². The molecule has 2 aromatic carbocycles. The zero-order valence-electron chi connectivity index (χ0n) is 10.5. The predicted molar refractivity (Wildman–Crippen MR) is 78.0 cm³/mol. The van der Waals surface area contributed by atoms with Crippen LogP contribution in [0.3, 0.4) is 0 Å². The molecule has 0 saturated carbocycles. The number of benzene rings is 2. The normalized spacial score (nSPS) is 10.4.